The number of nitrogens with one attached hydrogen (secondary N) is 2. The molecule has 2 amide bonds. The number of aryl methyl sites for hydroxylation is 1. The van der Waals surface area contributed by atoms with Gasteiger partial charge in [-0.05, 0) is 61.5 Å². The zero-order valence-electron chi connectivity index (χ0n) is 19.6. The van der Waals surface area contributed by atoms with E-state index in [2.05, 4.69) is 20.2 Å². The van der Waals surface area contributed by atoms with E-state index in [1.54, 1.807) is 12.3 Å². The van der Waals surface area contributed by atoms with Crippen LogP contribution < -0.4 is 10.2 Å². The topological polar surface area (TPSA) is 81.3 Å². The lowest BCUT2D eigenvalue weighted by atomic mass is 10.1. The van der Waals surface area contributed by atoms with Crippen LogP contribution in [-0.4, -0.2) is 52.9 Å². The van der Waals surface area contributed by atoms with Crippen LogP contribution in [0.4, 0.5) is 11.4 Å². The van der Waals surface area contributed by atoms with Gasteiger partial charge < -0.3 is 20.1 Å². The fourth-order valence-corrected chi connectivity index (χ4v) is 4.27. The molecule has 7 heteroatoms. The highest BCUT2D eigenvalue weighted by molar-refractivity contribution is 6.03. The largest absolute Gasteiger partial charge is 0.368 e. The average Bonchev–Trinajstić information content (AvgIpc) is 3.31. The summed E-state index contributed by atoms with van der Waals surface area (Å²) in [7, 11) is 0. The molecule has 2 aromatic carbocycles. The molecule has 4 aromatic rings. The fraction of sp³-hybridized carbons (Fsp3) is 0.179. The van der Waals surface area contributed by atoms with Crippen LogP contribution in [0.5, 0.6) is 0 Å². The number of aromatic nitrogens is 2. The molecule has 35 heavy (non-hydrogen) atoms. The van der Waals surface area contributed by atoms with Gasteiger partial charge in [-0.2, -0.15) is 0 Å². The lowest BCUT2D eigenvalue weighted by molar-refractivity contribution is -0.111. The lowest BCUT2D eigenvalue weighted by Gasteiger charge is -2.36. The van der Waals surface area contributed by atoms with Crippen molar-refractivity contribution in [2.75, 3.05) is 36.4 Å². The first kappa shape index (κ1) is 22.4. The Kier molecular flexibility index (Phi) is 6.30. The van der Waals surface area contributed by atoms with Crippen molar-refractivity contribution in [3.05, 3.63) is 95.8 Å². The van der Waals surface area contributed by atoms with Crippen LogP contribution in [0, 0.1) is 6.92 Å². The second-order valence-corrected chi connectivity index (χ2v) is 8.66. The molecule has 2 aromatic heterocycles. The van der Waals surface area contributed by atoms with Gasteiger partial charge in [-0.1, -0.05) is 17.7 Å². The molecule has 3 heterocycles. The van der Waals surface area contributed by atoms with Crippen LogP contribution in [0.3, 0.4) is 0 Å². The molecule has 2 N–H and O–H groups in total. The van der Waals surface area contributed by atoms with Gasteiger partial charge in [0.05, 0.1) is 0 Å². The molecule has 7 nitrogen and oxygen atoms in total. The van der Waals surface area contributed by atoms with Gasteiger partial charge in [0.15, 0.2) is 0 Å². The molecule has 1 saturated heterocycles. The van der Waals surface area contributed by atoms with Crippen molar-refractivity contribution in [2.24, 2.45) is 0 Å². The van der Waals surface area contributed by atoms with Crippen molar-refractivity contribution in [1.82, 2.24) is 14.9 Å². The summed E-state index contributed by atoms with van der Waals surface area (Å²) < 4.78 is 0. The number of anilines is 2. The molecule has 0 radical (unpaired) electrons. The van der Waals surface area contributed by atoms with E-state index >= 15 is 0 Å². The number of hydrogen-bond acceptors (Lipinski definition) is 4. The number of benzene rings is 2. The summed E-state index contributed by atoms with van der Waals surface area (Å²) in [4.78, 5) is 36.7. The van der Waals surface area contributed by atoms with E-state index in [4.69, 9.17) is 0 Å². The van der Waals surface area contributed by atoms with Crippen molar-refractivity contribution in [3.63, 3.8) is 0 Å². The molecular weight excluding hydrogens is 438 g/mol. The Morgan fingerprint density at radius 2 is 1.71 bits per heavy atom. The molecule has 0 aliphatic carbocycles. The summed E-state index contributed by atoms with van der Waals surface area (Å²) in [5, 5.41) is 3.88. The molecule has 0 spiro atoms. The van der Waals surface area contributed by atoms with Gasteiger partial charge in [-0.3, -0.25) is 9.59 Å². The quantitative estimate of drug-likeness (QED) is 0.426. The third-order valence-electron chi connectivity index (χ3n) is 6.26. The number of H-pyrrole nitrogens is 1. The standard InChI is InChI=1S/C28H27N5O2/c1-20-4-6-21(7-5-20)28(35)33-17-15-32(16-18-33)24-11-9-23(10-12-24)31-26(34)13-8-22-19-30-27-25(22)3-2-14-29-27/h2-14,19H,15-18H2,1H3,(H,29,30)(H,31,34). The zero-order valence-corrected chi connectivity index (χ0v) is 19.6. The van der Waals surface area contributed by atoms with Gasteiger partial charge in [-0.15, -0.1) is 0 Å². The van der Waals surface area contributed by atoms with Crippen molar-refractivity contribution < 1.29 is 9.59 Å². The second-order valence-electron chi connectivity index (χ2n) is 8.66. The predicted molar refractivity (Wildman–Crippen MR) is 139 cm³/mol. The van der Waals surface area contributed by atoms with Crippen LogP contribution >= 0.6 is 0 Å². The molecule has 176 valence electrons. The lowest BCUT2D eigenvalue weighted by Crippen LogP contribution is -2.48. The minimum atomic E-state index is -0.195. The Balaban J connectivity index is 1.15. The van der Waals surface area contributed by atoms with Crippen LogP contribution in [-0.2, 0) is 4.79 Å². The molecule has 0 unspecified atom stereocenters. The Morgan fingerprint density at radius 3 is 2.46 bits per heavy atom. The van der Waals surface area contributed by atoms with Crippen LogP contribution in [0.25, 0.3) is 17.1 Å². The van der Waals surface area contributed by atoms with Gasteiger partial charge in [0.2, 0.25) is 5.91 Å². The summed E-state index contributed by atoms with van der Waals surface area (Å²) in [6, 6.07) is 19.4. The van der Waals surface area contributed by atoms with Crippen LogP contribution in [0.2, 0.25) is 0 Å². The maximum absolute atomic E-state index is 12.8. The summed E-state index contributed by atoms with van der Waals surface area (Å²) in [6.45, 7) is 4.92. The number of pyridine rings is 1. The van der Waals surface area contributed by atoms with Crippen molar-refractivity contribution in [3.8, 4) is 0 Å². The molecular formula is C28H27N5O2. The van der Waals surface area contributed by atoms with Crippen LogP contribution in [0.15, 0.2) is 79.1 Å². The number of hydrogen-bond donors (Lipinski definition) is 2. The molecule has 1 aliphatic rings. The number of rotatable bonds is 5. The summed E-state index contributed by atoms with van der Waals surface area (Å²) >= 11 is 0. The third-order valence-corrected chi connectivity index (χ3v) is 6.26. The number of fused-ring (bicyclic) bond motifs is 1. The van der Waals surface area contributed by atoms with Crippen LogP contribution in [0.1, 0.15) is 21.5 Å². The Labute approximate surface area is 204 Å². The Morgan fingerprint density at radius 1 is 0.971 bits per heavy atom. The third kappa shape index (κ3) is 5.09. The molecule has 1 fully saturated rings. The molecule has 1 aliphatic heterocycles. The number of carbonyl (C=O) groups is 2. The van der Waals surface area contributed by atoms with Crippen molar-refractivity contribution >= 4 is 40.3 Å². The first-order valence-corrected chi connectivity index (χ1v) is 11.7. The highest BCUT2D eigenvalue weighted by atomic mass is 16.2. The highest BCUT2D eigenvalue weighted by Gasteiger charge is 2.22. The first-order valence-electron chi connectivity index (χ1n) is 11.7. The van der Waals surface area contributed by atoms with Gasteiger partial charge in [0, 0.05) is 72.5 Å². The minimum Gasteiger partial charge on any atom is -0.368 e. The van der Waals surface area contributed by atoms with Crippen molar-refractivity contribution in [2.45, 2.75) is 6.92 Å². The van der Waals surface area contributed by atoms with E-state index in [0.29, 0.717) is 13.1 Å². The fourth-order valence-electron chi connectivity index (χ4n) is 4.27. The maximum atomic E-state index is 12.8. The molecule has 0 saturated carbocycles. The maximum Gasteiger partial charge on any atom is 0.253 e. The van der Waals surface area contributed by atoms with E-state index in [0.717, 1.165) is 52.2 Å². The molecule has 5 rings (SSSR count). The number of piperazine rings is 1. The first-order chi connectivity index (χ1) is 17.1. The normalized spacial score (nSPS) is 14.0. The SMILES string of the molecule is Cc1ccc(C(=O)N2CCN(c3ccc(NC(=O)C=Cc4c[nH]c5ncccc45)cc3)CC2)cc1. The van der Waals surface area contributed by atoms with E-state index in [9.17, 15) is 9.59 Å². The Hall–Kier alpha value is -4.39. The number of carbonyl (C=O) groups excluding carboxylic acids is 2. The number of nitrogens with zero attached hydrogens (tertiary/aromatic N) is 3. The number of aromatic amines is 1. The smallest absolute Gasteiger partial charge is 0.253 e. The molecule has 0 bridgehead atoms. The predicted octanol–water partition coefficient (Wildman–Crippen LogP) is 4.49. The Bertz CT molecular complexity index is 1360. The monoisotopic (exact) mass is 465 g/mol. The van der Waals surface area contributed by atoms with Gasteiger partial charge in [0.1, 0.15) is 5.65 Å². The average molecular weight is 466 g/mol. The van der Waals surface area contributed by atoms with E-state index in [1.807, 2.05) is 78.7 Å². The minimum absolute atomic E-state index is 0.0830. The summed E-state index contributed by atoms with van der Waals surface area (Å²) in [6.07, 6.45) is 6.87. The summed E-state index contributed by atoms with van der Waals surface area (Å²) in [5.74, 6) is -0.112. The summed E-state index contributed by atoms with van der Waals surface area (Å²) in [5.41, 5.74) is 5.40. The van der Waals surface area contributed by atoms with E-state index < -0.39 is 0 Å². The van der Waals surface area contributed by atoms with Gasteiger partial charge in [-0.25, -0.2) is 4.98 Å². The highest BCUT2D eigenvalue weighted by Crippen LogP contribution is 2.21. The number of amides is 2. The van der Waals surface area contributed by atoms with Gasteiger partial charge >= 0.3 is 0 Å². The molecule has 0 atom stereocenters. The zero-order chi connectivity index (χ0) is 24.2. The second kappa shape index (κ2) is 9.85. The van der Waals surface area contributed by atoms with Gasteiger partial charge in [0.25, 0.3) is 5.91 Å². The van der Waals surface area contributed by atoms with E-state index in [1.165, 1.54) is 6.08 Å². The van der Waals surface area contributed by atoms with E-state index in [-0.39, 0.29) is 11.8 Å². The van der Waals surface area contributed by atoms with Crippen molar-refractivity contribution in [1.29, 1.82) is 0 Å².